The highest BCUT2D eigenvalue weighted by Crippen LogP contribution is 2.34. The molecule has 0 aromatic heterocycles. The molecule has 1 aromatic carbocycles. The number of benzene rings is 1. The van der Waals surface area contributed by atoms with Gasteiger partial charge in [0.1, 0.15) is 0 Å². The molecule has 1 aliphatic heterocycles. The van der Waals surface area contributed by atoms with E-state index >= 15 is 0 Å². The van der Waals surface area contributed by atoms with E-state index < -0.39 is 5.97 Å². The van der Waals surface area contributed by atoms with E-state index in [2.05, 4.69) is 34.7 Å². The molecule has 1 fully saturated rings. The second-order valence-corrected chi connectivity index (χ2v) is 5.73. The number of halogens is 1. The van der Waals surface area contributed by atoms with Crippen LogP contribution in [0.3, 0.4) is 0 Å². The van der Waals surface area contributed by atoms with Crippen LogP contribution in [-0.4, -0.2) is 24.2 Å². The number of carboxylic acid groups (broad SMARTS) is 1. The predicted octanol–water partition coefficient (Wildman–Crippen LogP) is 3.24. The Kier molecular flexibility index (Phi) is 3.43. The molecule has 0 bridgehead atoms. The van der Waals surface area contributed by atoms with Crippen LogP contribution in [0.15, 0.2) is 22.7 Å². The lowest BCUT2D eigenvalue weighted by Gasteiger charge is -2.43. The molecule has 0 saturated carbocycles. The van der Waals surface area contributed by atoms with Crippen molar-refractivity contribution in [2.75, 3.05) is 18.0 Å². The number of hydrogen-bond acceptors (Lipinski definition) is 2. The molecule has 1 aliphatic rings. The van der Waals surface area contributed by atoms with Crippen molar-refractivity contribution in [2.45, 2.75) is 13.8 Å². The van der Waals surface area contributed by atoms with E-state index in [1.807, 2.05) is 6.07 Å². The minimum atomic E-state index is -0.875. The summed E-state index contributed by atoms with van der Waals surface area (Å²) in [6, 6.07) is 5.17. The molecule has 0 aliphatic carbocycles. The molecule has 3 nitrogen and oxygen atoms in total. The quantitative estimate of drug-likeness (QED) is 0.931. The first-order chi connectivity index (χ1) is 7.99. The van der Waals surface area contributed by atoms with Crippen LogP contribution >= 0.6 is 15.9 Å². The molecule has 0 radical (unpaired) electrons. The third-order valence-corrected chi connectivity index (χ3v) is 4.06. The Morgan fingerprint density at radius 1 is 1.47 bits per heavy atom. The number of rotatable bonds is 3. The van der Waals surface area contributed by atoms with E-state index in [0.717, 1.165) is 29.2 Å². The van der Waals surface area contributed by atoms with Gasteiger partial charge in [-0.25, -0.2) is 4.79 Å². The molecular formula is C13H16BrNO2. The second-order valence-electron chi connectivity index (χ2n) is 4.88. The first kappa shape index (κ1) is 12.4. The fourth-order valence-electron chi connectivity index (χ4n) is 2.02. The van der Waals surface area contributed by atoms with Crippen molar-refractivity contribution >= 4 is 27.6 Å². The first-order valence-corrected chi connectivity index (χ1v) is 6.56. The van der Waals surface area contributed by atoms with Crippen LogP contribution in [0.5, 0.6) is 0 Å². The molecule has 0 atom stereocenters. The number of carbonyl (C=O) groups is 1. The summed E-state index contributed by atoms with van der Waals surface area (Å²) in [4.78, 5) is 13.2. The Balaban J connectivity index is 2.17. The second kappa shape index (κ2) is 4.69. The molecule has 2 rings (SSSR count). The van der Waals surface area contributed by atoms with Crippen LogP contribution < -0.4 is 4.90 Å². The van der Waals surface area contributed by atoms with Crippen molar-refractivity contribution in [2.24, 2.45) is 11.8 Å². The summed E-state index contributed by atoms with van der Waals surface area (Å²) in [6.45, 7) is 6.48. The van der Waals surface area contributed by atoms with Gasteiger partial charge in [-0.3, -0.25) is 0 Å². The summed E-state index contributed by atoms with van der Waals surface area (Å²) in [6.07, 6.45) is 0. The number of carboxylic acids is 1. The molecule has 92 valence electrons. The highest BCUT2D eigenvalue weighted by molar-refractivity contribution is 9.10. The zero-order chi connectivity index (χ0) is 12.6. The van der Waals surface area contributed by atoms with Crippen molar-refractivity contribution in [3.63, 3.8) is 0 Å². The van der Waals surface area contributed by atoms with Crippen LogP contribution in [-0.2, 0) is 0 Å². The number of nitrogens with zero attached hydrogens (tertiary/aromatic N) is 1. The Morgan fingerprint density at radius 2 is 2.12 bits per heavy atom. The van der Waals surface area contributed by atoms with Gasteiger partial charge in [-0.1, -0.05) is 13.8 Å². The maximum absolute atomic E-state index is 10.9. The number of hydrogen-bond donors (Lipinski definition) is 1. The predicted molar refractivity (Wildman–Crippen MR) is 71.6 cm³/mol. The highest BCUT2D eigenvalue weighted by atomic mass is 79.9. The van der Waals surface area contributed by atoms with Gasteiger partial charge >= 0.3 is 5.97 Å². The topological polar surface area (TPSA) is 40.5 Å². The Morgan fingerprint density at radius 3 is 2.65 bits per heavy atom. The molecule has 1 heterocycles. The molecule has 0 amide bonds. The van der Waals surface area contributed by atoms with Crippen LogP contribution in [0.1, 0.15) is 24.2 Å². The molecule has 1 aromatic rings. The van der Waals surface area contributed by atoms with Crippen LogP contribution in [0.2, 0.25) is 0 Å². The van der Waals surface area contributed by atoms with Crippen LogP contribution in [0.25, 0.3) is 0 Å². The normalized spacial score (nSPS) is 16.1. The van der Waals surface area contributed by atoms with Gasteiger partial charge in [0.25, 0.3) is 0 Å². The van der Waals surface area contributed by atoms with Gasteiger partial charge in [0.05, 0.1) is 11.3 Å². The maximum atomic E-state index is 10.9. The largest absolute Gasteiger partial charge is 0.478 e. The minimum Gasteiger partial charge on any atom is -0.478 e. The van der Waals surface area contributed by atoms with Gasteiger partial charge < -0.3 is 10.0 Å². The van der Waals surface area contributed by atoms with E-state index in [0.29, 0.717) is 11.5 Å². The molecule has 1 saturated heterocycles. The van der Waals surface area contributed by atoms with Crippen LogP contribution in [0.4, 0.5) is 5.69 Å². The summed E-state index contributed by atoms with van der Waals surface area (Å²) in [5.74, 6) is 0.530. The Labute approximate surface area is 110 Å². The van der Waals surface area contributed by atoms with Crippen molar-refractivity contribution < 1.29 is 9.90 Å². The molecule has 17 heavy (non-hydrogen) atoms. The summed E-state index contributed by atoms with van der Waals surface area (Å²) >= 11 is 3.48. The van der Waals surface area contributed by atoms with Gasteiger partial charge in [0, 0.05) is 17.6 Å². The summed E-state index contributed by atoms with van der Waals surface area (Å²) in [7, 11) is 0. The zero-order valence-electron chi connectivity index (χ0n) is 9.98. The third kappa shape index (κ3) is 2.46. The van der Waals surface area contributed by atoms with Gasteiger partial charge in [0.15, 0.2) is 0 Å². The maximum Gasteiger partial charge on any atom is 0.335 e. The smallest absolute Gasteiger partial charge is 0.335 e. The fraction of sp³-hybridized carbons (Fsp3) is 0.462. The monoisotopic (exact) mass is 297 g/mol. The Hall–Kier alpha value is -1.03. The average Bonchev–Trinajstić information content (AvgIpc) is 2.17. The van der Waals surface area contributed by atoms with E-state index in [4.69, 9.17) is 5.11 Å². The van der Waals surface area contributed by atoms with Crippen LogP contribution in [0, 0.1) is 11.8 Å². The minimum absolute atomic E-state index is 0.344. The standard InChI is InChI=1S/C13H16BrNO2/c1-8(2)10-6-15(7-10)12-5-9(13(16)17)3-4-11(12)14/h3-5,8,10H,6-7H2,1-2H3,(H,16,17). The molecule has 0 spiro atoms. The van der Waals surface area contributed by atoms with Gasteiger partial charge in [-0.15, -0.1) is 0 Å². The fourth-order valence-corrected chi connectivity index (χ4v) is 2.52. The summed E-state index contributed by atoms with van der Waals surface area (Å²) in [5.41, 5.74) is 1.33. The third-order valence-electron chi connectivity index (χ3n) is 3.39. The molecular weight excluding hydrogens is 282 g/mol. The van der Waals surface area contributed by atoms with Crippen molar-refractivity contribution in [1.82, 2.24) is 0 Å². The van der Waals surface area contributed by atoms with Crippen molar-refractivity contribution in [3.8, 4) is 0 Å². The Bertz CT molecular complexity index is 439. The number of anilines is 1. The lowest BCUT2D eigenvalue weighted by molar-refractivity contribution is 0.0697. The van der Waals surface area contributed by atoms with E-state index in [-0.39, 0.29) is 0 Å². The average molecular weight is 298 g/mol. The van der Waals surface area contributed by atoms with Gasteiger partial charge in [-0.2, -0.15) is 0 Å². The van der Waals surface area contributed by atoms with Crippen molar-refractivity contribution in [3.05, 3.63) is 28.2 Å². The molecule has 1 N–H and O–H groups in total. The highest BCUT2D eigenvalue weighted by Gasteiger charge is 2.30. The zero-order valence-corrected chi connectivity index (χ0v) is 11.6. The number of aromatic carboxylic acids is 1. The first-order valence-electron chi connectivity index (χ1n) is 5.77. The lowest BCUT2D eigenvalue weighted by atomic mass is 9.88. The van der Waals surface area contributed by atoms with Crippen molar-refractivity contribution in [1.29, 1.82) is 0 Å². The van der Waals surface area contributed by atoms with Gasteiger partial charge in [0.2, 0.25) is 0 Å². The molecule has 4 heteroatoms. The lowest BCUT2D eigenvalue weighted by Crippen LogP contribution is -2.49. The van der Waals surface area contributed by atoms with E-state index in [1.54, 1.807) is 12.1 Å². The summed E-state index contributed by atoms with van der Waals surface area (Å²) < 4.78 is 0.963. The van der Waals surface area contributed by atoms with E-state index in [9.17, 15) is 4.79 Å². The SMILES string of the molecule is CC(C)C1CN(c2cc(C(=O)O)ccc2Br)C1. The van der Waals surface area contributed by atoms with Gasteiger partial charge in [-0.05, 0) is 46.0 Å². The molecule has 0 unspecified atom stereocenters. The summed E-state index contributed by atoms with van der Waals surface area (Å²) in [5, 5.41) is 8.98. The van der Waals surface area contributed by atoms with E-state index in [1.165, 1.54) is 0 Å².